The van der Waals surface area contributed by atoms with Gasteiger partial charge in [-0.3, -0.25) is 5.10 Å². The largest absolute Gasteiger partial charge is 0.457 e. The number of halogens is 2. The number of rotatable bonds is 5. The van der Waals surface area contributed by atoms with Crippen molar-refractivity contribution in [2.75, 3.05) is 0 Å². The topological polar surface area (TPSA) is 71.0 Å². The van der Waals surface area contributed by atoms with Gasteiger partial charge in [0.05, 0.1) is 5.02 Å². The number of benzene rings is 2. The molecule has 0 aliphatic heterocycles. The van der Waals surface area contributed by atoms with Crippen molar-refractivity contribution >= 4 is 23.2 Å². The van der Waals surface area contributed by atoms with Crippen LogP contribution in [0.1, 0.15) is 32.2 Å². The van der Waals surface area contributed by atoms with Gasteiger partial charge in [0.2, 0.25) is 0 Å². The SMILES string of the molecule is CC(C)(C)C(O)(Cc1ncn[nH]1)c1ccc(Oc2ccc(Cl)cc2)cc1Cl. The number of hydrogen-bond donors (Lipinski definition) is 2. The van der Waals surface area contributed by atoms with Crippen molar-refractivity contribution in [3.63, 3.8) is 0 Å². The second kappa shape index (κ2) is 7.50. The molecule has 3 aromatic rings. The van der Waals surface area contributed by atoms with Crippen LogP contribution in [0.5, 0.6) is 11.5 Å². The van der Waals surface area contributed by atoms with Crippen LogP contribution >= 0.6 is 23.2 Å². The first kappa shape index (κ1) is 19.7. The summed E-state index contributed by atoms with van der Waals surface area (Å²) in [6.45, 7) is 5.87. The van der Waals surface area contributed by atoms with Crippen LogP contribution in [0, 0.1) is 5.41 Å². The Morgan fingerprint density at radius 3 is 2.26 bits per heavy atom. The van der Waals surface area contributed by atoms with Crippen molar-refractivity contribution < 1.29 is 9.84 Å². The summed E-state index contributed by atoms with van der Waals surface area (Å²) in [6, 6.07) is 12.3. The van der Waals surface area contributed by atoms with Crippen LogP contribution in [0.2, 0.25) is 10.0 Å². The number of aliphatic hydroxyl groups is 1. The predicted molar refractivity (Wildman–Crippen MR) is 106 cm³/mol. The van der Waals surface area contributed by atoms with E-state index in [4.69, 9.17) is 27.9 Å². The van der Waals surface area contributed by atoms with Crippen LogP contribution in [-0.4, -0.2) is 20.3 Å². The van der Waals surface area contributed by atoms with Crippen molar-refractivity contribution in [3.05, 3.63) is 70.2 Å². The molecule has 27 heavy (non-hydrogen) atoms. The zero-order valence-electron chi connectivity index (χ0n) is 15.3. The van der Waals surface area contributed by atoms with Crippen molar-refractivity contribution in [2.24, 2.45) is 5.41 Å². The van der Waals surface area contributed by atoms with E-state index < -0.39 is 11.0 Å². The van der Waals surface area contributed by atoms with Gasteiger partial charge >= 0.3 is 0 Å². The highest BCUT2D eigenvalue weighted by atomic mass is 35.5. The van der Waals surface area contributed by atoms with Gasteiger partial charge in [-0.05, 0) is 41.8 Å². The molecule has 0 fully saturated rings. The fourth-order valence-electron chi connectivity index (χ4n) is 2.86. The molecule has 1 aromatic heterocycles. The van der Waals surface area contributed by atoms with E-state index in [1.165, 1.54) is 6.33 Å². The first-order valence-corrected chi connectivity index (χ1v) is 9.25. The van der Waals surface area contributed by atoms with Crippen LogP contribution in [-0.2, 0) is 12.0 Å². The Labute approximate surface area is 168 Å². The summed E-state index contributed by atoms with van der Waals surface area (Å²) in [6.07, 6.45) is 1.68. The molecule has 0 aliphatic carbocycles. The number of aromatic nitrogens is 3. The van der Waals surface area contributed by atoms with Gasteiger partial charge in [0.25, 0.3) is 0 Å². The molecule has 1 unspecified atom stereocenters. The Bertz CT molecular complexity index is 906. The van der Waals surface area contributed by atoms with E-state index in [9.17, 15) is 5.11 Å². The Kier molecular flexibility index (Phi) is 5.47. The summed E-state index contributed by atoms with van der Waals surface area (Å²) >= 11 is 12.4. The minimum absolute atomic E-state index is 0.258. The molecular weight excluding hydrogens is 385 g/mol. The van der Waals surface area contributed by atoms with E-state index in [0.29, 0.717) is 32.9 Å². The van der Waals surface area contributed by atoms with Crippen LogP contribution in [0.15, 0.2) is 48.8 Å². The average molecular weight is 406 g/mol. The quantitative estimate of drug-likeness (QED) is 0.597. The molecule has 1 heterocycles. The summed E-state index contributed by atoms with van der Waals surface area (Å²) in [5, 5.41) is 19.3. The van der Waals surface area contributed by atoms with Crippen LogP contribution in [0.4, 0.5) is 0 Å². The fourth-order valence-corrected chi connectivity index (χ4v) is 3.31. The second-order valence-corrected chi connectivity index (χ2v) is 8.26. The Morgan fingerprint density at radius 1 is 1.04 bits per heavy atom. The maximum Gasteiger partial charge on any atom is 0.137 e. The first-order chi connectivity index (χ1) is 12.7. The first-order valence-electron chi connectivity index (χ1n) is 8.49. The highest BCUT2D eigenvalue weighted by molar-refractivity contribution is 6.31. The lowest BCUT2D eigenvalue weighted by Gasteiger charge is -2.41. The molecule has 7 heteroatoms. The van der Waals surface area contributed by atoms with Crippen molar-refractivity contribution in [1.82, 2.24) is 15.2 Å². The Morgan fingerprint density at radius 2 is 1.70 bits per heavy atom. The van der Waals surface area contributed by atoms with E-state index in [1.54, 1.807) is 42.5 Å². The van der Waals surface area contributed by atoms with Crippen molar-refractivity contribution in [3.8, 4) is 11.5 Å². The second-order valence-electron chi connectivity index (χ2n) is 7.42. The van der Waals surface area contributed by atoms with Gasteiger partial charge in [0.15, 0.2) is 0 Å². The van der Waals surface area contributed by atoms with Crippen LogP contribution in [0.25, 0.3) is 0 Å². The van der Waals surface area contributed by atoms with Gasteiger partial charge in [0, 0.05) is 17.0 Å². The van der Waals surface area contributed by atoms with Crippen molar-refractivity contribution in [2.45, 2.75) is 32.8 Å². The van der Waals surface area contributed by atoms with Gasteiger partial charge in [-0.2, -0.15) is 5.10 Å². The van der Waals surface area contributed by atoms with E-state index in [0.717, 1.165) is 0 Å². The standard InChI is InChI=1S/C20H21Cl2N3O2/c1-19(2,3)20(26,11-18-23-12-24-25-18)16-9-8-15(10-17(16)22)27-14-6-4-13(21)5-7-14/h4-10,12,26H,11H2,1-3H3,(H,23,24,25). The average Bonchev–Trinajstić information content (AvgIpc) is 3.09. The Balaban J connectivity index is 1.93. The fraction of sp³-hybridized carbons (Fsp3) is 0.300. The molecule has 0 saturated carbocycles. The molecule has 5 nitrogen and oxygen atoms in total. The van der Waals surface area contributed by atoms with Crippen LogP contribution in [0.3, 0.4) is 0 Å². The highest BCUT2D eigenvalue weighted by Crippen LogP contribution is 2.45. The zero-order valence-corrected chi connectivity index (χ0v) is 16.8. The van der Waals surface area contributed by atoms with E-state index in [1.807, 2.05) is 20.8 Å². The molecule has 1 atom stereocenters. The third-order valence-electron chi connectivity index (χ3n) is 4.56. The minimum Gasteiger partial charge on any atom is -0.457 e. The van der Waals surface area contributed by atoms with Gasteiger partial charge in [0.1, 0.15) is 29.3 Å². The summed E-state index contributed by atoms with van der Waals surface area (Å²) in [5.74, 6) is 1.81. The van der Waals surface area contributed by atoms with Gasteiger partial charge in [-0.25, -0.2) is 4.98 Å². The normalized spacial score (nSPS) is 14.0. The summed E-state index contributed by atoms with van der Waals surface area (Å²) in [7, 11) is 0. The molecule has 0 spiro atoms. The summed E-state index contributed by atoms with van der Waals surface area (Å²) in [4.78, 5) is 4.15. The lowest BCUT2D eigenvalue weighted by molar-refractivity contribution is -0.0653. The van der Waals surface area contributed by atoms with Gasteiger partial charge < -0.3 is 9.84 Å². The van der Waals surface area contributed by atoms with Gasteiger partial charge in [-0.1, -0.05) is 50.0 Å². The summed E-state index contributed by atoms with van der Waals surface area (Å²) < 4.78 is 5.82. The van der Waals surface area contributed by atoms with E-state index >= 15 is 0 Å². The number of hydrogen-bond acceptors (Lipinski definition) is 4. The molecule has 0 bridgehead atoms. The Hall–Kier alpha value is -2.08. The number of nitrogens with one attached hydrogen (secondary N) is 1. The zero-order chi connectivity index (χ0) is 19.7. The highest BCUT2D eigenvalue weighted by Gasteiger charge is 2.43. The number of H-pyrrole nitrogens is 1. The maximum absolute atomic E-state index is 11.6. The molecule has 3 rings (SSSR count). The molecule has 0 aliphatic rings. The number of ether oxygens (including phenoxy) is 1. The predicted octanol–water partition coefficient (Wildman–Crippen LogP) is 5.38. The molecule has 142 valence electrons. The lowest BCUT2D eigenvalue weighted by atomic mass is 9.70. The maximum atomic E-state index is 11.6. The monoisotopic (exact) mass is 405 g/mol. The molecule has 0 saturated heterocycles. The van der Waals surface area contributed by atoms with E-state index in [2.05, 4.69) is 15.2 Å². The van der Waals surface area contributed by atoms with Gasteiger partial charge in [-0.15, -0.1) is 0 Å². The molecule has 0 amide bonds. The third kappa shape index (κ3) is 4.26. The molecular formula is C20H21Cl2N3O2. The summed E-state index contributed by atoms with van der Waals surface area (Å²) in [5.41, 5.74) is -1.14. The van der Waals surface area contributed by atoms with E-state index in [-0.39, 0.29) is 6.42 Å². The van der Waals surface area contributed by atoms with Crippen molar-refractivity contribution in [1.29, 1.82) is 0 Å². The molecule has 2 N–H and O–H groups in total. The lowest BCUT2D eigenvalue weighted by Crippen LogP contribution is -2.42. The molecule has 0 radical (unpaired) electrons. The molecule has 2 aromatic carbocycles. The number of aromatic amines is 1. The third-order valence-corrected chi connectivity index (χ3v) is 5.13. The smallest absolute Gasteiger partial charge is 0.137 e. The van der Waals surface area contributed by atoms with Crippen LogP contribution < -0.4 is 4.74 Å². The number of nitrogens with zero attached hydrogens (tertiary/aromatic N) is 2. The minimum atomic E-state index is -1.25.